The average Bonchev–Trinajstić information content (AvgIpc) is 2.02. The summed E-state index contributed by atoms with van der Waals surface area (Å²) in [6.07, 6.45) is 0. The maximum absolute atomic E-state index is 13.2. The van der Waals surface area contributed by atoms with Crippen molar-refractivity contribution in [3.05, 3.63) is 38.7 Å². The lowest BCUT2D eigenvalue weighted by molar-refractivity contribution is -0.386. The lowest BCUT2D eigenvalue weighted by atomic mass is 10.0. The molecule has 0 saturated heterocycles. The molecule has 0 radical (unpaired) electrons. The second-order valence-electron chi connectivity index (χ2n) is 3.04. The van der Waals surface area contributed by atoms with Crippen molar-refractivity contribution < 1.29 is 14.4 Å². The van der Waals surface area contributed by atoms with Gasteiger partial charge in [-0.3, -0.25) is 10.1 Å². The number of benzene rings is 1. The first-order valence-electron chi connectivity index (χ1n) is 4.02. The van der Waals surface area contributed by atoms with Crippen LogP contribution in [0.1, 0.15) is 16.7 Å². The van der Waals surface area contributed by atoms with Crippen LogP contribution in [0.5, 0.6) is 0 Å². The number of nitro groups is 1. The zero-order chi connectivity index (χ0) is 10.9. The Morgan fingerprint density at radius 3 is 2.57 bits per heavy atom. The van der Waals surface area contributed by atoms with Crippen LogP contribution in [0.3, 0.4) is 0 Å². The summed E-state index contributed by atoms with van der Waals surface area (Å²) in [5.41, 5.74) is 0.315. The van der Waals surface area contributed by atoms with Crippen LogP contribution in [0.2, 0.25) is 0 Å². The molecule has 1 rings (SSSR count). The van der Waals surface area contributed by atoms with Gasteiger partial charge in [0.1, 0.15) is 5.82 Å². The Balaban J connectivity index is 3.52. The highest BCUT2D eigenvalue weighted by atomic mass is 19.1. The first kappa shape index (κ1) is 10.6. The molecule has 0 bridgehead atoms. The second kappa shape index (κ2) is 3.71. The van der Waals surface area contributed by atoms with E-state index in [1.54, 1.807) is 0 Å². The highest BCUT2D eigenvalue weighted by molar-refractivity contribution is 5.51. The number of aryl methyl sites for hydroxylation is 1. The smallest absolute Gasteiger partial charge is 0.275 e. The molecule has 1 N–H and O–H groups in total. The predicted molar refractivity (Wildman–Crippen MR) is 48.5 cm³/mol. The number of nitrogens with zero attached hydrogens (tertiary/aromatic N) is 1. The number of halogens is 1. The van der Waals surface area contributed by atoms with Crippen LogP contribution in [0.4, 0.5) is 10.1 Å². The summed E-state index contributed by atoms with van der Waals surface area (Å²) >= 11 is 0. The monoisotopic (exact) mass is 199 g/mol. The van der Waals surface area contributed by atoms with Gasteiger partial charge in [-0.1, -0.05) is 0 Å². The van der Waals surface area contributed by atoms with E-state index in [1.165, 1.54) is 13.8 Å². The third-order valence-electron chi connectivity index (χ3n) is 2.15. The van der Waals surface area contributed by atoms with E-state index < -0.39 is 17.3 Å². The molecule has 5 heteroatoms. The van der Waals surface area contributed by atoms with Gasteiger partial charge in [0, 0.05) is 16.7 Å². The Bertz CT molecular complexity index is 390. The average molecular weight is 199 g/mol. The Morgan fingerprint density at radius 2 is 2.14 bits per heavy atom. The van der Waals surface area contributed by atoms with Crippen molar-refractivity contribution in [2.75, 3.05) is 0 Å². The van der Waals surface area contributed by atoms with Crippen molar-refractivity contribution in [1.82, 2.24) is 0 Å². The third-order valence-corrected chi connectivity index (χ3v) is 2.15. The molecule has 0 aliphatic heterocycles. The molecule has 0 heterocycles. The summed E-state index contributed by atoms with van der Waals surface area (Å²) in [5, 5.41) is 19.5. The van der Waals surface area contributed by atoms with Crippen LogP contribution in [-0.2, 0) is 6.61 Å². The van der Waals surface area contributed by atoms with Crippen molar-refractivity contribution in [2.24, 2.45) is 0 Å². The van der Waals surface area contributed by atoms with Gasteiger partial charge < -0.3 is 5.11 Å². The zero-order valence-electron chi connectivity index (χ0n) is 7.87. The fourth-order valence-electron chi connectivity index (χ4n) is 1.44. The molecule has 4 nitrogen and oxygen atoms in total. The predicted octanol–water partition coefficient (Wildman–Crippen LogP) is 1.84. The molecule has 0 unspecified atom stereocenters. The van der Waals surface area contributed by atoms with Crippen molar-refractivity contribution in [2.45, 2.75) is 20.5 Å². The molecule has 76 valence electrons. The molecule has 0 spiro atoms. The summed E-state index contributed by atoms with van der Waals surface area (Å²) < 4.78 is 13.2. The van der Waals surface area contributed by atoms with Gasteiger partial charge in [-0.15, -0.1) is 0 Å². The van der Waals surface area contributed by atoms with Gasteiger partial charge in [0.2, 0.25) is 0 Å². The molecule has 14 heavy (non-hydrogen) atoms. The first-order chi connectivity index (χ1) is 6.49. The Kier molecular flexibility index (Phi) is 2.81. The van der Waals surface area contributed by atoms with Crippen LogP contribution in [0.15, 0.2) is 6.07 Å². The van der Waals surface area contributed by atoms with E-state index in [9.17, 15) is 14.5 Å². The highest BCUT2D eigenvalue weighted by Gasteiger charge is 2.20. The van der Waals surface area contributed by atoms with E-state index in [-0.39, 0.29) is 22.4 Å². The largest absolute Gasteiger partial charge is 0.392 e. The van der Waals surface area contributed by atoms with E-state index in [0.717, 1.165) is 6.07 Å². The zero-order valence-corrected chi connectivity index (χ0v) is 7.87. The fraction of sp³-hybridized carbons (Fsp3) is 0.333. The lowest BCUT2D eigenvalue weighted by Crippen LogP contribution is -2.02. The second-order valence-corrected chi connectivity index (χ2v) is 3.04. The molecule has 0 amide bonds. The quantitative estimate of drug-likeness (QED) is 0.583. The molecule has 0 aliphatic rings. The maximum atomic E-state index is 13.2. The van der Waals surface area contributed by atoms with E-state index in [4.69, 9.17) is 5.11 Å². The molecule has 1 aromatic rings. The van der Waals surface area contributed by atoms with Crippen molar-refractivity contribution in [1.29, 1.82) is 0 Å². The van der Waals surface area contributed by atoms with Crippen LogP contribution in [-0.4, -0.2) is 10.0 Å². The highest BCUT2D eigenvalue weighted by Crippen LogP contribution is 2.27. The van der Waals surface area contributed by atoms with Crippen molar-refractivity contribution >= 4 is 5.69 Å². The van der Waals surface area contributed by atoms with Gasteiger partial charge >= 0.3 is 0 Å². The standard InChI is InChI=1S/C9H10FNO3/c1-5-3-8(10)7(4-12)6(2)9(5)11(13)14/h3,12H,4H2,1-2H3. The molecule has 0 saturated carbocycles. The number of aliphatic hydroxyl groups is 1. The van der Waals surface area contributed by atoms with Gasteiger partial charge in [-0.2, -0.15) is 0 Å². The van der Waals surface area contributed by atoms with E-state index in [1.807, 2.05) is 0 Å². The van der Waals surface area contributed by atoms with E-state index in [0.29, 0.717) is 0 Å². The molecule has 0 atom stereocenters. The van der Waals surface area contributed by atoms with Crippen LogP contribution in [0.25, 0.3) is 0 Å². The Morgan fingerprint density at radius 1 is 1.57 bits per heavy atom. The Hall–Kier alpha value is -1.49. The maximum Gasteiger partial charge on any atom is 0.275 e. The number of rotatable bonds is 2. The SMILES string of the molecule is Cc1cc(F)c(CO)c(C)c1[N+](=O)[O-]. The normalized spacial score (nSPS) is 10.3. The Labute approximate surface area is 80.1 Å². The summed E-state index contributed by atoms with van der Waals surface area (Å²) in [7, 11) is 0. The van der Waals surface area contributed by atoms with Gasteiger partial charge in [0.15, 0.2) is 0 Å². The molecule has 0 aliphatic carbocycles. The van der Waals surface area contributed by atoms with Gasteiger partial charge in [-0.25, -0.2) is 4.39 Å². The summed E-state index contributed by atoms with van der Waals surface area (Å²) in [4.78, 5) is 10.1. The lowest BCUT2D eigenvalue weighted by Gasteiger charge is -2.07. The minimum Gasteiger partial charge on any atom is -0.392 e. The van der Waals surface area contributed by atoms with Crippen molar-refractivity contribution in [3.8, 4) is 0 Å². The molecule has 1 aromatic carbocycles. The first-order valence-corrected chi connectivity index (χ1v) is 4.02. The van der Waals surface area contributed by atoms with Gasteiger partial charge in [0.25, 0.3) is 5.69 Å². The molecular formula is C9H10FNO3. The van der Waals surface area contributed by atoms with Gasteiger partial charge in [-0.05, 0) is 19.9 Å². The number of hydrogen-bond acceptors (Lipinski definition) is 3. The van der Waals surface area contributed by atoms with Crippen LogP contribution < -0.4 is 0 Å². The minimum absolute atomic E-state index is 0.0118. The number of nitro benzene ring substituents is 1. The van der Waals surface area contributed by atoms with E-state index >= 15 is 0 Å². The third kappa shape index (κ3) is 1.58. The fourth-order valence-corrected chi connectivity index (χ4v) is 1.44. The minimum atomic E-state index is -0.604. The van der Waals surface area contributed by atoms with E-state index in [2.05, 4.69) is 0 Å². The van der Waals surface area contributed by atoms with Gasteiger partial charge in [0.05, 0.1) is 11.5 Å². The number of hydrogen-bond donors (Lipinski definition) is 1. The van der Waals surface area contributed by atoms with Crippen LogP contribution in [0, 0.1) is 29.8 Å². The molecule has 0 aromatic heterocycles. The molecule has 0 fully saturated rings. The topological polar surface area (TPSA) is 63.4 Å². The summed E-state index contributed by atoms with van der Waals surface area (Å²) in [5.74, 6) is -0.604. The number of aliphatic hydroxyl groups excluding tert-OH is 1. The summed E-state index contributed by atoms with van der Waals surface area (Å²) in [6.45, 7) is 2.37. The summed E-state index contributed by atoms with van der Waals surface area (Å²) in [6, 6.07) is 1.07. The van der Waals surface area contributed by atoms with Crippen LogP contribution >= 0.6 is 0 Å². The van der Waals surface area contributed by atoms with Crippen molar-refractivity contribution in [3.63, 3.8) is 0 Å². The molecular weight excluding hydrogens is 189 g/mol.